The molecule has 1 N–H and O–H groups in total. The smallest absolute Gasteiger partial charge is 0.149 e. The zero-order chi connectivity index (χ0) is 17.3. The molecule has 0 aliphatic heterocycles. The van der Waals surface area contributed by atoms with Crippen LogP contribution in [0, 0.1) is 17.1 Å². The summed E-state index contributed by atoms with van der Waals surface area (Å²) in [5, 5.41) is 13.5. The molecule has 0 saturated carbocycles. The molecule has 0 unspecified atom stereocenters. The second-order valence-electron chi connectivity index (χ2n) is 4.89. The Hall–Kier alpha value is -2.55. The molecule has 0 atom stereocenters. The van der Waals surface area contributed by atoms with Crippen LogP contribution in [0.1, 0.15) is 5.69 Å². The number of nitriles is 1. The number of para-hydroxylation sites is 1. The van der Waals surface area contributed by atoms with Gasteiger partial charge in [-0.25, -0.2) is 9.37 Å². The number of aromatic nitrogens is 1. The van der Waals surface area contributed by atoms with Crippen molar-refractivity contribution < 1.29 is 9.13 Å². The van der Waals surface area contributed by atoms with Gasteiger partial charge in [-0.05, 0) is 18.2 Å². The zero-order valence-electron chi connectivity index (χ0n) is 12.4. The van der Waals surface area contributed by atoms with Crippen LogP contribution in [0.25, 0.3) is 10.9 Å². The maximum atomic E-state index is 14.0. The lowest BCUT2D eigenvalue weighted by Gasteiger charge is -2.14. The van der Waals surface area contributed by atoms with Crippen LogP contribution in [0.3, 0.4) is 0 Å². The molecule has 0 radical (unpaired) electrons. The first-order valence-electron chi connectivity index (χ1n) is 6.83. The van der Waals surface area contributed by atoms with E-state index in [4.69, 9.17) is 33.2 Å². The number of fused-ring (bicyclic) bond motifs is 1. The third kappa shape index (κ3) is 2.94. The Kier molecular flexibility index (Phi) is 4.43. The lowest BCUT2D eigenvalue weighted by atomic mass is 10.1. The summed E-state index contributed by atoms with van der Waals surface area (Å²) < 4.78 is 19.2. The van der Waals surface area contributed by atoms with E-state index in [0.29, 0.717) is 32.6 Å². The Morgan fingerprint density at radius 2 is 1.96 bits per heavy atom. The largest absolute Gasteiger partial charge is 0.495 e. The van der Waals surface area contributed by atoms with Crippen LogP contribution in [0.2, 0.25) is 10.0 Å². The van der Waals surface area contributed by atoms with Crippen LogP contribution in [0.5, 0.6) is 5.75 Å². The summed E-state index contributed by atoms with van der Waals surface area (Å²) in [4.78, 5) is 4.01. The van der Waals surface area contributed by atoms with Crippen LogP contribution in [-0.2, 0) is 0 Å². The predicted molar refractivity (Wildman–Crippen MR) is 92.7 cm³/mol. The van der Waals surface area contributed by atoms with E-state index in [2.05, 4.69) is 10.3 Å². The maximum Gasteiger partial charge on any atom is 0.149 e. The average Bonchev–Trinajstić information content (AvgIpc) is 2.57. The summed E-state index contributed by atoms with van der Waals surface area (Å²) in [5.41, 5.74) is 1.21. The van der Waals surface area contributed by atoms with Crippen LogP contribution in [-0.4, -0.2) is 12.1 Å². The van der Waals surface area contributed by atoms with Crippen molar-refractivity contribution in [2.24, 2.45) is 0 Å². The first kappa shape index (κ1) is 16.3. The highest BCUT2D eigenvalue weighted by Crippen LogP contribution is 2.37. The van der Waals surface area contributed by atoms with Gasteiger partial charge >= 0.3 is 0 Å². The number of nitrogens with one attached hydrogen (secondary N) is 1. The molecule has 0 aliphatic rings. The minimum atomic E-state index is -0.507. The number of hydrogen-bond acceptors (Lipinski definition) is 4. The van der Waals surface area contributed by atoms with Gasteiger partial charge in [-0.15, -0.1) is 0 Å². The minimum absolute atomic E-state index is 0.0900. The van der Waals surface area contributed by atoms with Gasteiger partial charge in [0.1, 0.15) is 28.8 Å². The SMILES string of the molecule is COc1cc(Nc2cc(C#N)nc3c(F)cccc23)c(Cl)cc1Cl. The highest BCUT2D eigenvalue weighted by atomic mass is 35.5. The summed E-state index contributed by atoms with van der Waals surface area (Å²) in [7, 11) is 1.49. The standard InChI is InChI=1S/C17H10Cl2FN3O/c1-24-16-7-15(11(18)6-12(16)19)23-14-5-9(8-21)22-17-10(14)3-2-4-13(17)20/h2-7H,1H3,(H,22,23). The molecule has 2 aromatic carbocycles. The molecule has 1 aromatic heterocycles. The van der Waals surface area contributed by atoms with Crippen LogP contribution < -0.4 is 10.1 Å². The molecule has 0 amide bonds. The molecule has 24 heavy (non-hydrogen) atoms. The van der Waals surface area contributed by atoms with Gasteiger partial charge in [0, 0.05) is 11.5 Å². The Morgan fingerprint density at radius 1 is 1.17 bits per heavy atom. The van der Waals surface area contributed by atoms with Gasteiger partial charge in [-0.1, -0.05) is 35.3 Å². The number of rotatable bonds is 3. The van der Waals surface area contributed by atoms with Gasteiger partial charge in [-0.2, -0.15) is 5.26 Å². The Bertz CT molecular complexity index is 986. The molecule has 0 fully saturated rings. The molecule has 3 aromatic rings. The number of halogens is 3. The van der Waals surface area contributed by atoms with Crippen molar-refractivity contribution >= 4 is 45.5 Å². The molecule has 4 nitrogen and oxygen atoms in total. The lowest BCUT2D eigenvalue weighted by Crippen LogP contribution is -1.98. The summed E-state index contributed by atoms with van der Waals surface area (Å²) in [6, 6.07) is 11.2. The minimum Gasteiger partial charge on any atom is -0.495 e. The zero-order valence-corrected chi connectivity index (χ0v) is 13.9. The van der Waals surface area contributed by atoms with Crippen molar-refractivity contribution in [2.45, 2.75) is 0 Å². The second kappa shape index (κ2) is 6.52. The van der Waals surface area contributed by atoms with E-state index in [1.54, 1.807) is 24.3 Å². The summed E-state index contributed by atoms with van der Waals surface area (Å²) in [5.74, 6) is -0.0685. The summed E-state index contributed by atoms with van der Waals surface area (Å²) in [6.45, 7) is 0. The van der Waals surface area contributed by atoms with Gasteiger partial charge in [-0.3, -0.25) is 0 Å². The first-order valence-corrected chi connectivity index (χ1v) is 7.58. The molecule has 120 valence electrons. The number of methoxy groups -OCH3 is 1. The number of anilines is 2. The van der Waals surface area contributed by atoms with E-state index in [0.717, 1.165) is 0 Å². The molecule has 0 spiro atoms. The van der Waals surface area contributed by atoms with Crippen molar-refractivity contribution in [1.82, 2.24) is 4.98 Å². The topological polar surface area (TPSA) is 57.9 Å². The number of ether oxygens (including phenoxy) is 1. The Balaban J connectivity index is 2.17. The first-order chi connectivity index (χ1) is 11.5. The van der Waals surface area contributed by atoms with E-state index in [1.165, 1.54) is 19.2 Å². The van der Waals surface area contributed by atoms with Gasteiger partial charge < -0.3 is 10.1 Å². The fourth-order valence-corrected chi connectivity index (χ4v) is 2.81. The van der Waals surface area contributed by atoms with Crippen LogP contribution in [0.4, 0.5) is 15.8 Å². The molecular formula is C17H10Cl2FN3O. The van der Waals surface area contributed by atoms with Crippen molar-refractivity contribution in [3.05, 3.63) is 58.0 Å². The van der Waals surface area contributed by atoms with E-state index >= 15 is 0 Å². The van der Waals surface area contributed by atoms with Gasteiger partial charge in [0.25, 0.3) is 0 Å². The fourth-order valence-electron chi connectivity index (χ4n) is 2.30. The second-order valence-corrected chi connectivity index (χ2v) is 5.71. The summed E-state index contributed by atoms with van der Waals surface area (Å²) >= 11 is 12.2. The molecule has 7 heteroatoms. The predicted octanol–water partition coefficient (Wildman–Crippen LogP) is 5.30. The molecule has 0 aliphatic carbocycles. The van der Waals surface area contributed by atoms with Crippen molar-refractivity contribution in [2.75, 3.05) is 12.4 Å². The van der Waals surface area contributed by atoms with Gasteiger partial charge in [0.15, 0.2) is 0 Å². The van der Waals surface area contributed by atoms with Crippen molar-refractivity contribution in [3.8, 4) is 11.8 Å². The van der Waals surface area contributed by atoms with Crippen molar-refractivity contribution in [1.29, 1.82) is 5.26 Å². The Morgan fingerprint density at radius 3 is 2.67 bits per heavy atom. The molecule has 3 rings (SSSR count). The summed E-state index contributed by atoms with van der Waals surface area (Å²) in [6.07, 6.45) is 0. The number of nitrogens with zero attached hydrogens (tertiary/aromatic N) is 2. The van der Waals surface area contributed by atoms with Crippen LogP contribution >= 0.6 is 23.2 Å². The van der Waals surface area contributed by atoms with E-state index in [-0.39, 0.29) is 11.2 Å². The molecule has 0 saturated heterocycles. The van der Waals surface area contributed by atoms with Gasteiger partial charge in [0.2, 0.25) is 0 Å². The highest BCUT2D eigenvalue weighted by molar-refractivity contribution is 6.37. The third-order valence-electron chi connectivity index (χ3n) is 3.42. The molecule has 0 bridgehead atoms. The number of hydrogen-bond donors (Lipinski definition) is 1. The normalized spacial score (nSPS) is 10.5. The van der Waals surface area contributed by atoms with Gasteiger partial charge in [0.05, 0.1) is 28.5 Å². The quantitative estimate of drug-likeness (QED) is 0.687. The lowest BCUT2D eigenvalue weighted by molar-refractivity contribution is 0.415. The average molecular weight is 362 g/mol. The highest BCUT2D eigenvalue weighted by Gasteiger charge is 2.13. The monoisotopic (exact) mass is 361 g/mol. The van der Waals surface area contributed by atoms with Crippen molar-refractivity contribution in [3.63, 3.8) is 0 Å². The van der Waals surface area contributed by atoms with E-state index in [1.807, 2.05) is 6.07 Å². The van der Waals surface area contributed by atoms with E-state index < -0.39 is 5.82 Å². The Labute approximate surface area is 147 Å². The van der Waals surface area contributed by atoms with E-state index in [9.17, 15) is 4.39 Å². The molecular weight excluding hydrogens is 352 g/mol. The van der Waals surface area contributed by atoms with Crippen LogP contribution in [0.15, 0.2) is 36.4 Å². The maximum absolute atomic E-state index is 14.0. The third-order valence-corrected chi connectivity index (χ3v) is 4.02. The number of pyridine rings is 1. The molecule has 1 heterocycles. The number of benzene rings is 2. The fraction of sp³-hybridized carbons (Fsp3) is 0.0588.